The number of benzene rings is 1. The molecule has 98 valence electrons. The van der Waals surface area contributed by atoms with E-state index in [1.165, 1.54) is 10.5 Å². The number of hydrogen-bond acceptors (Lipinski definition) is 2. The summed E-state index contributed by atoms with van der Waals surface area (Å²) in [5.74, 6) is 0.0798. The maximum atomic E-state index is 11.9. The van der Waals surface area contributed by atoms with Gasteiger partial charge in [0, 0.05) is 5.69 Å². The molecule has 0 spiro atoms. The molecule has 1 fully saturated rings. The third-order valence-corrected chi connectivity index (χ3v) is 3.26. The fourth-order valence-corrected chi connectivity index (χ4v) is 2.09. The summed E-state index contributed by atoms with van der Waals surface area (Å²) in [6.07, 6.45) is 1.02. The first-order valence-corrected chi connectivity index (χ1v) is 6.58. The first kappa shape index (κ1) is 13.1. The average molecular weight is 249 g/mol. The Labute approximate surface area is 108 Å². The molecule has 1 aromatic rings. The van der Waals surface area contributed by atoms with Crippen LogP contribution in [0, 0.1) is 0 Å². The topological polar surface area (TPSA) is 42.8 Å². The first-order valence-electron chi connectivity index (χ1n) is 6.58. The predicted molar refractivity (Wildman–Crippen MR) is 70.8 cm³/mol. The van der Waals surface area contributed by atoms with Crippen molar-refractivity contribution in [1.29, 1.82) is 0 Å². The molecule has 4 heteroatoms. The van der Waals surface area contributed by atoms with E-state index in [0.29, 0.717) is 6.54 Å². The molecule has 0 saturated carbocycles. The van der Waals surface area contributed by atoms with Crippen molar-refractivity contribution in [2.75, 3.05) is 38.2 Å². The molecule has 0 atom stereocenters. The van der Waals surface area contributed by atoms with Crippen molar-refractivity contribution in [2.45, 2.75) is 13.3 Å². The SMILES string of the molecule is CCc1ccc(NC(=O)C[NH+]2CCOCC2)cc1. The first-order chi connectivity index (χ1) is 8.78. The second-order valence-electron chi connectivity index (χ2n) is 4.64. The van der Waals surface area contributed by atoms with Gasteiger partial charge in [-0.1, -0.05) is 19.1 Å². The molecular weight excluding hydrogens is 228 g/mol. The van der Waals surface area contributed by atoms with E-state index in [1.807, 2.05) is 12.1 Å². The van der Waals surface area contributed by atoms with Crippen molar-refractivity contribution in [3.63, 3.8) is 0 Å². The Morgan fingerprint density at radius 2 is 1.94 bits per heavy atom. The Kier molecular flexibility index (Phi) is 4.73. The van der Waals surface area contributed by atoms with E-state index >= 15 is 0 Å². The summed E-state index contributed by atoms with van der Waals surface area (Å²) >= 11 is 0. The number of hydrogen-bond donors (Lipinski definition) is 2. The van der Waals surface area contributed by atoms with E-state index in [-0.39, 0.29) is 5.91 Å². The quantitative estimate of drug-likeness (QED) is 0.795. The number of rotatable bonds is 4. The normalized spacial score (nSPS) is 16.5. The van der Waals surface area contributed by atoms with Crippen molar-refractivity contribution in [2.24, 2.45) is 0 Å². The second kappa shape index (κ2) is 6.52. The Bertz CT molecular complexity index is 383. The summed E-state index contributed by atoms with van der Waals surface area (Å²) in [4.78, 5) is 13.2. The van der Waals surface area contributed by atoms with Crippen LogP contribution in [0.1, 0.15) is 12.5 Å². The molecule has 4 nitrogen and oxygen atoms in total. The van der Waals surface area contributed by atoms with Gasteiger partial charge in [-0.3, -0.25) is 4.79 Å². The Morgan fingerprint density at radius 3 is 2.56 bits per heavy atom. The molecule has 1 aliphatic rings. The molecule has 1 amide bonds. The molecule has 0 aliphatic carbocycles. The molecule has 0 unspecified atom stereocenters. The van der Waals surface area contributed by atoms with Crippen LogP contribution in [-0.2, 0) is 16.0 Å². The highest BCUT2D eigenvalue weighted by molar-refractivity contribution is 5.91. The van der Waals surface area contributed by atoms with Gasteiger partial charge < -0.3 is 15.0 Å². The maximum absolute atomic E-state index is 11.9. The highest BCUT2D eigenvalue weighted by Crippen LogP contribution is 2.09. The lowest BCUT2D eigenvalue weighted by Gasteiger charge is -2.23. The standard InChI is InChI=1S/C14H20N2O2/c1-2-12-3-5-13(6-4-12)15-14(17)11-16-7-9-18-10-8-16/h3-6H,2,7-11H2,1H3,(H,15,17)/p+1. The number of amides is 1. The van der Waals surface area contributed by atoms with E-state index in [1.54, 1.807) is 0 Å². The fraction of sp³-hybridized carbons (Fsp3) is 0.500. The monoisotopic (exact) mass is 249 g/mol. The van der Waals surface area contributed by atoms with Crippen LogP contribution in [0.2, 0.25) is 0 Å². The zero-order valence-electron chi connectivity index (χ0n) is 10.9. The number of morpholine rings is 1. The molecule has 0 aromatic heterocycles. The van der Waals surface area contributed by atoms with E-state index < -0.39 is 0 Å². The van der Waals surface area contributed by atoms with Gasteiger partial charge in [0.15, 0.2) is 6.54 Å². The zero-order chi connectivity index (χ0) is 12.8. The van der Waals surface area contributed by atoms with Gasteiger partial charge in [0.2, 0.25) is 0 Å². The van der Waals surface area contributed by atoms with E-state index in [4.69, 9.17) is 4.74 Å². The molecule has 1 saturated heterocycles. The summed E-state index contributed by atoms with van der Waals surface area (Å²) in [5, 5.41) is 2.94. The van der Waals surface area contributed by atoms with Crippen molar-refractivity contribution >= 4 is 11.6 Å². The average Bonchev–Trinajstić information content (AvgIpc) is 2.40. The number of nitrogens with one attached hydrogen (secondary N) is 2. The van der Waals surface area contributed by atoms with Crippen LogP contribution in [-0.4, -0.2) is 38.8 Å². The van der Waals surface area contributed by atoms with Crippen molar-refractivity contribution in [1.82, 2.24) is 0 Å². The predicted octanol–water partition coefficient (Wildman–Crippen LogP) is 0.103. The zero-order valence-corrected chi connectivity index (χ0v) is 10.9. The number of carbonyl (C=O) groups excluding carboxylic acids is 1. The Hall–Kier alpha value is -1.39. The van der Waals surface area contributed by atoms with Crippen LogP contribution in [0.3, 0.4) is 0 Å². The molecule has 1 aliphatic heterocycles. The van der Waals surface area contributed by atoms with Crippen LogP contribution < -0.4 is 10.2 Å². The molecule has 2 rings (SSSR count). The van der Waals surface area contributed by atoms with E-state index in [0.717, 1.165) is 38.4 Å². The largest absolute Gasteiger partial charge is 0.370 e. The van der Waals surface area contributed by atoms with Gasteiger partial charge in [-0.15, -0.1) is 0 Å². The minimum atomic E-state index is 0.0798. The summed E-state index contributed by atoms with van der Waals surface area (Å²) in [6.45, 7) is 6.00. The second-order valence-corrected chi connectivity index (χ2v) is 4.64. The van der Waals surface area contributed by atoms with Gasteiger partial charge >= 0.3 is 0 Å². The number of quaternary nitrogens is 1. The van der Waals surface area contributed by atoms with Crippen molar-refractivity contribution in [3.05, 3.63) is 29.8 Å². The lowest BCUT2D eigenvalue weighted by Crippen LogP contribution is -3.15. The summed E-state index contributed by atoms with van der Waals surface area (Å²) in [6, 6.07) is 8.03. The highest BCUT2D eigenvalue weighted by Gasteiger charge is 2.17. The summed E-state index contributed by atoms with van der Waals surface area (Å²) in [7, 11) is 0. The molecular formula is C14H21N2O2+. The fourth-order valence-electron chi connectivity index (χ4n) is 2.09. The number of carbonyl (C=O) groups is 1. The number of anilines is 1. The third kappa shape index (κ3) is 3.82. The van der Waals surface area contributed by atoms with Crippen molar-refractivity contribution in [3.8, 4) is 0 Å². The molecule has 0 radical (unpaired) electrons. The van der Waals surface area contributed by atoms with Gasteiger partial charge in [-0.2, -0.15) is 0 Å². The molecule has 1 aromatic carbocycles. The molecule has 18 heavy (non-hydrogen) atoms. The van der Waals surface area contributed by atoms with Crippen LogP contribution in [0.5, 0.6) is 0 Å². The van der Waals surface area contributed by atoms with Crippen LogP contribution in [0.15, 0.2) is 24.3 Å². The van der Waals surface area contributed by atoms with Gasteiger partial charge in [0.05, 0.1) is 13.2 Å². The molecule has 2 N–H and O–H groups in total. The van der Waals surface area contributed by atoms with Crippen molar-refractivity contribution < 1.29 is 14.4 Å². The lowest BCUT2D eigenvalue weighted by molar-refractivity contribution is -0.899. The lowest BCUT2D eigenvalue weighted by atomic mass is 10.1. The van der Waals surface area contributed by atoms with Crippen LogP contribution >= 0.6 is 0 Å². The van der Waals surface area contributed by atoms with Gasteiger partial charge in [0.1, 0.15) is 13.1 Å². The minimum absolute atomic E-state index is 0.0798. The molecule has 1 heterocycles. The maximum Gasteiger partial charge on any atom is 0.279 e. The highest BCUT2D eigenvalue weighted by atomic mass is 16.5. The number of aryl methyl sites for hydroxylation is 1. The summed E-state index contributed by atoms with van der Waals surface area (Å²) < 4.78 is 5.27. The Morgan fingerprint density at radius 1 is 1.28 bits per heavy atom. The van der Waals surface area contributed by atoms with Gasteiger partial charge in [-0.05, 0) is 24.1 Å². The van der Waals surface area contributed by atoms with Gasteiger partial charge in [0.25, 0.3) is 5.91 Å². The van der Waals surface area contributed by atoms with E-state index in [2.05, 4.69) is 24.4 Å². The van der Waals surface area contributed by atoms with Crippen LogP contribution in [0.4, 0.5) is 5.69 Å². The smallest absolute Gasteiger partial charge is 0.279 e. The number of ether oxygens (including phenoxy) is 1. The summed E-state index contributed by atoms with van der Waals surface area (Å²) in [5.41, 5.74) is 2.16. The Balaban J connectivity index is 1.82. The van der Waals surface area contributed by atoms with E-state index in [9.17, 15) is 4.79 Å². The minimum Gasteiger partial charge on any atom is -0.370 e. The molecule has 0 bridgehead atoms. The van der Waals surface area contributed by atoms with Gasteiger partial charge in [-0.25, -0.2) is 0 Å². The third-order valence-electron chi connectivity index (χ3n) is 3.26. The van der Waals surface area contributed by atoms with Crippen LogP contribution in [0.25, 0.3) is 0 Å².